The van der Waals surface area contributed by atoms with Crippen LogP contribution in [0, 0.1) is 12.8 Å². The first-order valence-corrected chi connectivity index (χ1v) is 7.13. The normalized spacial score (nSPS) is 12.8. The fourth-order valence-corrected chi connectivity index (χ4v) is 1.97. The molecule has 1 unspecified atom stereocenters. The predicted octanol–water partition coefficient (Wildman–Crippen LogP) is 2.11. The van der Waals surface area contributed by atoms with Gasteiger partial charge in [0, 0.05) is 18.3 Å². The predicted molar refractivity (Wildman–Crippen MR) is 85.0 cm³/mol. The Morgan fingerprint density at radius 2 is 1.80 bits per heavy atom. The highest BCUT2D eigenvalue weighted by Gasteiger charge is 2.15. The van der Waals surface area contributed by atoms with Crippen LogP contribution in [0.25, 0.3) is 0 Å². The van der Waals surface area contributed by atoms with Crippen molar-refractivity contribution in [1.82, 2.24) is 10.2 Å². The molecule has 0 fully saturated rings. The number of benzene rings is 1. The van der Waals surface area contributed by atoms with Crippen LogP contribution in [-0.2, 0) is 4.79 Å². The summed E-state index contributed by atoms with van der Waals surface area (Å²) in [6, 6.07) is 8.15. The second kappa shape index (κ2) is 8.02. The average Bonchev–Trinajstić information content (AvgIpc) is 2.36. The maximum absolute atomic E-state index is 11.9. The number of amides is 1. The molecule has 0 bridgehead atoms. The van der Waals surface area contributed by atoms with Gasteiger partial charge in [0.2, 0.25) is 5.91 Å². The zero-order valence-corrected chi connectivity index (χ0v) is 13.2. The minimum absolute atomic E-state index is 0.00161. The highest BCUT2D eigenvalue weighted by molar-refractivity contribution is 5.92. The molecular formula is C16H27N3O. The largest absolute Gasteiger partial charge is 0.325 e. The summed E-state index contributed by atoms with van der Waals surface area (Å²) in [5.41, 5.74) is 2.03. The Bertz CT molecular complexity index is 412. The molecule has 2 N–H and O–H groups in total. The Balaban J connectivity index is 2.43. The van der Waals surface area contributed by atoms with E-state index in [0.717, 1.165) is 12.2 Å². The summed E-state index contributed by atoms with van der Waals surface area (Å²) in [6.45, 7) is 7.62. The van der Waals surface area contributed by atoms with Gasteiger partial charge >= 0.3 is 0 Å². The van der Waals surface area contributed by atoms with E-state index in [4.69, 9.17) is 0 Å². The van der Waals surface area contributed by atoms with Crippen molar-refractivity contribution >= 4 is 11.6 Å². The maximum atomic E-state index is 11.9. The summed E-state index contributed by atoms with van der Waals surface area (Å²) in [4.78, 5) is 14.1. The summed E-state index contributed by atoms with van der Waals surface area (Å²) >= 11 is 0. The molecule has 0 saturated carbocycles. The number of hydrogen-bond donors (Lipinski definition) is 2. The Morgan fingerprint density at radius 1 is 1.20 bits per heavy atom. The average molecular weight is 277 g/mol. The molecule has 1 rings (SSSR count). The fraction of sp³-hybridized carbons (Fsp3) is 0.562. The van der Waals surface area contributed by atoms with Gasteiger partial charge in [0.1, 0.15) is 0 Å². The Morgan fingerprint density at radius 3 is 2.30 bits per heavy atom. The van der Waals surface area contributed by atoms with Gasteiger partial charge in [0.05, 0.1) is 6.54 Å². The van der Waals surface area contributed by atoms with Crippen molar-refractivity contribution in [1.29, 1.82) is 0 Å². The van der Waals surface area contributed by atoms with E-state index in [9.17, 15) is 4.79 Å². The number of nitrogens with one attached hydrogen (secondary N) is 2. The van der Waals surface area contributed by atoms with Crippen LogP contribution < -0.4 is 10.6 Å². The second-order valence-electron chi connectivity index (χ2n) is 5.91. The van der Waals surface area contributed by atoms with E-state index in [2.05, 4.69) is 29.4 Å². The monoisotopic (exact) mass is 277 g/mol. The minimum atomic E-state index is -0.00161. The van der Waals surface area contributed by atoms with Crippen LogP contribution in [0.1, 0.15) is 19.4 Å². The van der Waals surface area contributed by atoms with Gasteiger partial charge in [-0.3, -0.25) is 4.79 Å². The van der Waals surface area contributed by atoms with Gasteiger partial charge in [-0.1, -0.05) is 31.5 Å². The number of anilines is 1. The lowest BCUT2D eigenvalue weighted by molar-refractivity contribution is -0.115. The van der Waals surface area contributed by atoms with Gasteiger partial charge in [-0.05, 0) is 39.1 Å². The Labute approximate surface area is 122 Å². The molecule has 0 heterocycles. The molecule has 1 aromatic rings. The number of likely N-dealkylation sites (N-methyl/N-ethyl adjacent to an activating group) is 1. The Hall–Kier alpha value is -1.39. The van der Waals surface area contributed by atoms with E-state index in [1.807, 2.05) is 45.3 Å². The standard InChI is InChI=1S/C16H27N3O/c1-12(2)15(11-19(4)5)17-10-16(20)18-14-8-6-13(3)7-9-14/h6-9,12,15,17H,10-11H2,1-5H3,(H,18,20). The molecular weight excluding hydrogens is 250 g/mol. The molecule has 1 amide bonds. The van der Waals surface area contributed by atoms with E-state index >= 15 is 0 Å². The van der Waals surface area contributed by atoms with Gasteiger partial charge < -0.3 is 15.5 Å². The summed E-state index contributed by atoms with van der Waals surface area (Å²) in [7, 11) is 4.09. The van der Waals surface area contributed by atoms with E-state index in [0.29, 0.717) is 18.5 Å². The van der Waals surface area contributed by atoms with Crippen LogP contribution in [0.4, 0.5) is 5.69 Å². The highest BCUT2D eigenvalue weighted by atomic mass is 16.1. The van der Waals surface area contributed by atoms with Gasteiger partial charge in [0.15, 0.2) is 0 Å². The summed E-state index contributed by atoms with van der Waals surface area (Å²) < 4.78 is 0. The van der Waals surface area contributed by atoms with Crippen molar-refractivity contribution in [2.45, 2.75) is 26.8 Å². The molecule has 1 atom stereocenters. The SMILES string of the molecule is Cc1ccc(NC(=O)CNC(CN(C)C)C(C)C)cc1. The van der Waals surface area contributed by atoms with Crippen LogP contribution in [-0.4, -0.2) is 44.0 Å². The second-order valence-corrected chi connectivity index (χ2v) is 5.91. The van der Waals surface area contributed by atoms with Crippen LogP contribution in [0.2, 0.25) is 0 Å². The van der Waals surface area contributed by atoms with Crippen molar-refractivity contribution in [2.75, 3.05) is 32.5 Å². The number of carbonyl (C=O) groups is 1. The molecule has 0 saturated heterocycles. The zero-order valence-electron chi connectivity index (χ0n) is 13.2. The summed E-state index contributed by atoms with van der Waals surface area (Å²) in [5, 5.41) is 6.23. The molecule has 112 valence electrons. The highest BCUT2D eigenvalue weighted by Crippen LogP contribution is 2.08. The zero-order chi connectivity index (χ0) is 15.1. The molecule has 0 spiro atoms. The number of carbonyl (C=O) groups excluding carboxylic acids is 1. The first-order chi connectivity index (χ1) is 9.38. The topological polar surface area (TPSA) is 44.4 Å². The third kappa shape index (κ3) is 6.17. The fourth-order valence-electron chi connectivity index (χ4n) is 1.97. The lowest BCUT2D eigenvalue weighted by atomic mass is 10.0. The Kier molecular flexibility index (Phi) is 6.68. The number of nitrogens with zero attached hydrogens (tertiary/aromatic N) is 1. The van der Waals surface area contributed by atoms with Crippen LogP contribution in [0.3, 0.4) is 0 Å². The van der Waals surface area contributed by atoms with Gasteiger partial charge in [-0.2, -0.15) is 0 Å². The lowest BCUT2D eigenvalue weighted by Gasteiger charge is -2.25. The van der Waals surface area contributed by atoms with E-state index in [1.54, 1.807) is 0 Å². The molecule has 0 aliphatic carbocycles. The number of aryl methyl sites for hydroxylation is 1. The molecule has 1 aromatic carbocycles. The quantitative estimate of drug-likeness (QED) is 0.802. The molecule has 0 aliphatic heterocycles. The summed E-state index contributed by atoms with van der Waals surface area (Å²) in [5.74, 6) is 0.489. The first-order valence-electron chi connectivity index (χ1n) is 7.13. The third-order valence-electron chi connectivity index (χ3n) is 3.23. The van der Waals surface area contributed by atoms with Crippen LogP contribution in [0.5, 0.6) is 0 Å². The van der Waals surface area contributed by atoms with Crippen molar-refractivity contribution in [3.63, 3.8) is 0 Å². The van der Waals surface area contributed by atoms with Gasteiger partial charge in [-0.25, -0.2) is 0 Å². The van der Waals surface area contributed by atoms with E-state index < -0.39 is 0 Å². The molecule has 0 aliphatic rings. The molecule has 0 radical (unpaired) electrons. The molecule has 4 nitrogen and oxygen atoms in total. The molecule has 20 heavy (non-hydrogen) atoms. The van der Waals surface area contributed by atoms with Crippen molar-refractivity contribution in [3.8, 4) is 0 Å². The summed E-state index contributed by atoms with van der Waals surface area (Å²) in [6.07, 6.45) is 0. The number of rotatable bonds is 7. The number of hydrogen-bond acceptors (Lipinski definition) is 3. The van der Waals surface area contributed by atoms with Crippen molar-refractivity contribution in [3.05, 3.63) is 29.8 Å². The van der Waals surface area contributed by atoms with E-state index in [1.165, 1.54) is 5.56 Å². The lowest BCUT2D eigenvalue weighted by Crippen LogP contribution is -2.45. The smallest absolute Gasteiger partial charge is 0.238 e. The van der Waals surface area contributed by atoms with Gasteiger partial charge in [-0.15, -0.1) is 0 Å². The van der Waals surface area contributed by atoms with E-state index in [-0.39, 0.29) is 5.91 Å². The van der Waals surface area contributed by atoms with Crippen LogP contribution in [0.15, 0.2) is 24.3 Å². The van der Waals surface area contributed by atoms with Crippen molar-refractivity contribution < 1.29 is 4.79 Å². The third-order valence-corrected chi connectivity index (χ3v) is 3.23. The minimum Gasteiger partial charge on any atom is -0.325 e. The molecule has 4 heteroatoms. The maximum Gasteiger partial charge on any atom is 0.238 e. The first kappa shape index (κ1) is 16.7. The van der Waals surface area contributed by atoms with Crippen molar-refractivity contribution in [2.24, 2.45) is 5.92 Å². The van der Waals surface area contributed by atoms with Crippen LogP contribution >= 0.6 is 0 Å². The molecule has 0 aromatic heterocycles. The van der Waals surface area contributed by atoms with Gasteiger partial charge in [0.25, 0.3) is 0 Å².